The van der Waals surface area contributed by atoms with Crippen LogP contribution in [-0.4, -0.2) is 0 Å². The molecule has 104 valence electrons. The Hall–Kier alpha value is 0. The van der Waals surface area contributed by atoms with Crippen molar-refractivity contribution in [2.75, 3.05) is 0 Å². The monoisotopic (exact) mass is 240 g/mol. The lowest BCUT2D eigenvalue weighted by molar-refractivity contribution is 0.0763. The van der Waals surface area contributed by atoms with Crippen LogP contribution < -0.4 is 0 Å². The summed E-state index contributed by atoms with van der Waals surface area (Å²) in [5.41, 5.74) is 1.41. The zero-order valence-electron chi connectivity index (χ0n) is 13.9. The fourth-order valence-corrected chi connectivity index (χ4v) is 3.72. The Morgan fingerprint density at radius 1 is 0.765 bits per heavy atom. The van der Waals surface area contributed by atoms with Gasteiger partial charge in [0, 0.05) is 0 Å². The van der Waals surface area contributed by atoms with E-state index in [1.165, 1.54) is 25.7 Å². The molecule has 0 unspecified atom stereocenters. The van der Waals surface area contributed by atoms with Gasteiger partial charge in [-0.3, -0.25) is 0 Å². The average molecular weight is 240 g/mol. The number of hydrogen-bond acceptors (Lipinski definition) is 0. The van der Waals surface area contributed by atoms with Crippen LogP contribution in [0.15, 0.2) is 0 Å². The standard InChI is InChI=1S/C17H36/c1-10-17(11-14(2)3,12-15(4,5)6)13-16(7,8)9/h14H,10-13H2,1-9H3. The predicted molar refractivity (Wildman–Crippen MR) is 80.3 cm³/mol. The fraction of sp³-hybridized carbons (Fsp3) is 1.00. The van der Waals surface area contributed by atoms with E-state index < -0.39 is 0 Å². The molecular weight excluding hydrogens is 204 g/mol. The first-order chi connectivity index (χ1) is 7.39. The van der Waals surface area contributed by atoms with E-state index in [1.54, 1.807) is 0 Å². The first kappa shape index (κ1) is 17.0. The fourth-order valence-electron chi connectivity index (χ4n) is 3.72. The van der Waals surface area contributed by atoms with Crippen LogP contribution >= 0.6 is 0 Å². The van der Waals surface area contributed by atoms with Crippen molar-refractivity contribution in [1.82, 2.24) is 0 Å². The maximum atomic E-state index is 2.39. The third-order valence-electron chi connectivity index (χ3n) is 3.40. The van der Waals surface area contributed by atoms with Crippen LogP contribution in [0.5, 0.6) is 0 Å². The van der Waals surface area contributed by atoms with Crippen molar-refractivity contribution in [3.63, 3.8) is 0 Å². The van der Waals surface area contributed by atoms with E-state index in [9.17, 15) is 0 Å². The van der Waals surface area contributed by atoms with Gasteiger partial charge in [0.2, 0.25) is 0 Å². The molecule has 0 radical (unpaired) electrons. The molecule has 0 heterocycles. The van der Waals surface area contributed by atoms with Gasteiger partial charge in [-0.25, -0.2) is 0 Å². The van der Waals surface area contributed by atoms with Gasteiger partial charge < -0.3 is 0 Å². The second-order valence-electron chi connectivity index (χ2n) is 8.93. The molecule has 0 aromatic rings. The highest BCUT2D eigenvalue weighted by molar-refractivity contribution is 4.87. The van der Waals surface area contributed by atoms with Crippen molar-refractivity contribution in [2.24, 2.45) is 22.2 Å². The zero-order chi connectivity index (χ0) is 13.9. The lowest BCUT2D eigenvalue weighted by Gasteiger charge is -2.43. The van der Waals surface area contributed by atoms with Gasteiger partial charge >= 0.3 is 0 Å². The Balaban J connectivity index is 5.01. The maximum Gasteiger partial charge on any atom is -0.0288 e. The van der Waals surface area contributed by atoms with Crippen LogP contribution in [0.3, 0.4) is 0 Å². The molecule has 0 N–H and O–H groups in total. The molecule has 0 bridgehead atoms. The summed E-state index contributed by atoms with van der Waals surface area (Å²) in [6.07, 6.45) is 5.40. The van der Waals surface area contributed by atoms with Crippen LogP contribution in [0, 0.1) is 22.2 Å². The van der Waals surface area contributed by atoms with Gasteiger partial charge in [-0.1, -0.05) is 68.7 Å². The molecule has 0 rings (SSSR count). The Morgan fingerprint density at radius 3 is 1.29 bits per heavy atom. The highest BCUT2D eigenvalue weighted by Crippen LogP contribution is 2.48. The Labute approximate surface area is 111 Å². The van der Waals surface area contributed by atoms with Crippen LogP contribution in [0.25, 0.3) is 0 Å². The summed E-state index contributed by atoms with van der Waals surface area (Å²) in [6.45, 7) is 21.5. The summed E-state index contributed by atoms with van der Waals surface area (Å²) in [7, 11) is 0. The van der Waals surface area contributed by atoms with Crippen LogP contribution in [0.1, 0.15) is 88.0 Å². The lowest BCUT2D eigenvalue weighted by Crippen LogP contribution is -2.32. The highest BCUT2D eigenvalue weighted by atomic mass is 14.4. The molecule has 0 heteroatoms. The third kappa shape index (κ3) is 7.84. The SMILES string of the molecule is CCC(CC(C)C)(CC(C)(C)C)CC(C)(C)C. The number of rotatable bonds is 5. The maximum absolute atomic E-state index is 2.39. The van der Waals surface area contributed by atoms with Gasteiger partial charge in [0.05, 0.1) is 0 Å². The summed E-state index contributed by atoms with van der Waals surface area (Å²) >= 11 is 0. The second-order valence-corrected chi connectivity index (χ2v) is 8.93. The van der Waals surface area contributed by atoms with E-state index in [-0.39, 0.29) is 0 Å². The topological polar surface area (TPSA) is 0 Å². The van der Waals surface area contributed by atoms with Gasteiger partial charge in [-0.15, -0.1) is 0 Å². The smallest absolute Gasteiger partial charge is 0.0288 e. The molecule has 0 aliphatic rings. The first-order valence-corrected chi connectivity index (χ1v) is 7.39. The minimum absolute atomic E-state index is 0.441. The molecule has 0 spiro atoms. The van der Waals surface area contributed by atoms with E-state index in [0.29, 0.717) is 16.2 Å². The minimum atomic E-state index is 0.441. The molecular formula is C17H36. The van der Waals surface area contributed by atoms with Gasteiger partial charge in [0.25, 0.3) is 0 Å². The molecule has 0 aliphatic carbocycles. The summed E-state index contributed by atoms with van der Waals surface area (Å²) in [5, 5.41) is 0. The van der Waals surface area contributed by atoms with E-state index in [2.05, 4.69) is 62.3 Å². The summed E-state index contributed by atoms with van der Waals surface area (Å²) in [4.78, 5) is 0. The minimum Gasteiger partial charge on any atom is -0.0649 e. The zero-order valence-corrected chi connectivity index (χ0v) is 13.9. The molecule has 0 saturated heterocycles. The quantitative estimate of drug-likeness (QED) is 0.529. The van der Waals surface area contributed by atoms with E-state index >= 15 is 0 Å². The van der Waals surface area contributed by atoms with Gasteiger partial charge in [-0.2, -0.15) is 0 Å². The van der Waals surface area contributed by atoms with Crippen LogP contribution in [-0.2, 0) is 0 Å². The Kier molecular flexibility index (Phi) is 5.76. The first-order valence-electron chi connectivity index (χ1n) is 7.39. The normalized spacial score (nSPS) is 14.5. The van der Waals surface area contributed by atoms with Crippen molar-refractivity contribution in [3.05, 3.63) is 0 Å². The summed E-state index contributed by atoms with van der Waals surface area (Å²) < 4.78 is 0. The highest BCUT2D eigenvalue weighted by Gasteiger charge is 2.36. The molecule has 0 aromatic heterocycles. The van der Waals surface area contributed by atoms with E-state index in [0.717, 1.165) is 5.92 Å². The van der Waals surface area contributed by atoms with Gasteiger partial charge in [-0.05, 0) is 41.4 Å². The van der Waals surface area contributed by atoms with Crippen LogP contribution in [0.2, 0.25) is 0 Å². The van der Waals surface area contributed by atoms with Gasteiger partial charge in [0.1, 0.15) is 0 Å². The van der Waals surface area contributed by atoms with Gasteiger partial charge in [0.15, 0.2) is 0 Å². The molecule has 0 amide bonds. The largest absolute Gasteiger partial charge is 0.0649 e. The Morgan fingerprint density at radius 2 is 1.12 bits per heavy atom. The molecule has 0 fully saturated rings. The van der Waals surface area contributed by atoms with E-state index in [4.69, 9.17) is 0 Å². The van der Waals surface area contributed by atoms with Crippen molar-refractivity contribution in [2.45, 2.75) is 88.0 Å². The second kappa shape index (κ2) is 5.76. The average Bonchev–Trinajstić information content (AvgIpc) is 1.95. The molecule has 0 aliphatic heterocycles. The van der Waals surface area contributed by atoms with E-state index in [1.807, 2.05) is 0 Å². The predicted octanol–water partition coefficient (Wildman–Crippen LogP) is 6.30. The number of hydrogen-bond donors (Lipinski definition) is 0. The van der Waals surface area contributed by atoms with Crippen molar-refractivity contribution in [1.29, 1.82) is 0 Å². The Bertz CT molecular complexity index is 193. The summed E-state index contributed by atoms with van der Waals surface area (Å²) in [5.74, 6) is 0.805. The molecule has 0 saturated carbocycles. The molecule has 0 aromatic carbocycles. The third-order valence-corrected chi connectivity index (χ3v) is 3.40. The summed E-state index contributed by atoms with van der Waals surface area (Å²) in [6, 6.07) is 0. The lowest BCUT2D eigenvalue weighted by atomic mass is 9.62. The van der Waals surface area contributed by atoms with Crippen LogP contribution in [0.4, 0.5) is 0 Å². The van der Waals surface area contributed by atoms with Crippen molar-refractivity contribution in [3.8, 4) is 0 Å². The van der Waals surface area contributed by atoms with Crippen molar-refractivity contribution < 1.29 is 0 Å². The molecule has 0 atom stereocenters. The molecule has 0 nitrogen and oxygen atoms in total. The molecule has 17 heavy (non-hydrogen) atoms. The van der Waals surface area contributed by atoms with Crippen molar-refractivity contribution >= 4 is 0 Å².